The van der Waals surface area contributed by atoms with Gasteiger partial charge < -0.3 is 5.32 Å². The van der Waals surface area contributed by atoms with E-state index in [-0.39, 0.29) is 0 Å². The number of allylic oxidation sites excluding steroid dienone is 6. The predicted molar refractivity (Wildman–Crippen MR) is 88.0 cm³/mol. The van der Waals surface area contributed by atoms with E-state index in [4.69, 9.17) is 0 Å². The van der Waals surface area contributed by atoms with Crippen LogP contribution in [0.2, 0.25) is 0 Å². The molecule has 0 aromatic heterocycles. The minimum Gasteiger partial charge on any atom is -0.359 e. The average molecular weight is 265 g/mol. The molecule has 0 aliphatic heterocycles. The molecule has 1 aliphatic carbocycles. The second-order valence-electron chi connectivity index (χ2n) is 5.44. The van der Waals surface area contributed by atoms with E-state index in [1.165, 1.54) is 16.8 Å². The Kier molecular flexibility index (Phi) is 5.00. The van der Waals surface area contributed by atoms with Crippen molar-refractivity contribution in [3.8, 4) is 0 Å². The highest BCUT2D eigenvalue weighted by atomic mass is 14.9. The Hall–Kier alpha value is -2.02. The number of hydrogen-bond donors (Lipinski definition) is 1. The van der Waals surface area contributed by atoms with E-state index in [2.05, 4.69) is 67.4 Å². The van der Waals surface area contributed by atoms with Gasteiger partial charge in [-0.3, -0.25) is 0 Å². The van der Waals surface area contributed by atoms with Crippen LogP contribution in [0.3, 0.4) is 0 Å². The monoisotopic (exact) mass is 265 g/mol. The van der Waals surface area contributed by atoms with E-state index in [1.807, 2.05) is 13.0 Å². The van der Waals surface area contributed by atoms with Gasteiger partial charge >= 0.3 is 0 Å². The van der Waals surface area contributed by atoms with Crippen LogP contribution in [0.5, 0.6) is 0 Å². The number of benzene rings is 1. The van der Waals surface area contributed by atoms with Crippen LogP contribution >= 0.6 is 0 Å². The molecule has 0 saturated carbocycles. The molecule has 1 aromatic rings. The SMILES string of the molecule is C=C(C)N/C(=C(\C)CC1C=CC=CC1)c1ccccc1. The summed E-state index contributed by atoms with van der Waals surface area (Å²) >= 11 is 0. The first-order valence-corrected chi connectivity index (χ1v) is 7.18. The van der Waals surface area contributed by atoms with Crippen molar-refractivity contribution in [3.05, 3.63) is 78.0 Å². The van der Waals surface area contributed by atoms with Gasteiger partial charge in [-0.15, -0.1) is 0 Å². The molecule has 1 aromatic carbocycles. The summed E-state index contributed by atoms with van der Waals surface area (Å²) in [5.41, 5.74) is 4.77. The van der Waals surface area contributed by atoms with Crippen LogP contribution in [-0.2, 0) is 0 Å². The first-order valence-electron chi connectivity index (χ1n) is 7.18. The second-order valence-corrected chi connectivity index (χ2v) is 5.44. The number of hydrogen-bond acceptors (Lipinski definition) is 1. The first kappa shape index (κ1) is 14.4. The second kappa shape index (κ2) is 6.95. The van der Waals surface area contributed by atoms with Gasteiger partial charge in [-0.2, -0.15) is 0 Å². The fourth-order valence-electron chi connectivity index (χ4n) is 2.52. The summed E-state index contributed by atoms with van der Waals surface area (Å²) < 4.78 is 0. The maximum Gasteiger partial charge on any atom is 0.0444 e. The molecular weight excluding hydrogens is 242 g/mol. The lowest BCUT2D eigenvalue weighted by molar-refractivity contribution is 0.647. The molecule has 0 amide bonds. The molecule has 1 N–H and O–H groups in total. The largest absolute Gasteiger partial charge is 0.359 e. The van der Waals surface area contributed by atoms with Crippen molar-refractivity contribution in [2.75, 3.05) is 0 Å². The van der Waals surface area contributed by atoms with Gasteiger partial charge in [0.25, 0.3) is 0 Å². The van der Waals surface area contributed by atoms with Gasteiger partial charge in [0.15, 0.2) is 0 Å². The molecular formula is C19H23N. The molecule has 1 nitrogen and oxygen atoms in total. The van der Waals surface area contributed by atoms with Crippen LogP contribution in [0.1, 0.15) is 32.3 Å². The Labute approximate surface area is 122 Å². The van der Waals surface area contributed by atoms with E-state index >= 15 is 0 Å². The Morgan fingerprint density at radius 1 is 1.20 bits per heavy atom. The van der Waals surface area contributed by atoms with Crippen LogP contribution in [0.4, 0.5) is 0 Å². The molecule has 0 saturated heterocycles. The third-order valence-electron chi connectivity index (χ3n) is 3.47. The average Bonchev–Trinajstić information content (AvgIpc) is 2.46. The van der Waals surface area contributed by atoms with Gasteiger partial charge in [0.2, 0.25) is 0 Å². The highest BCUT2D eigenvalue weighted by Crippen LogP contribution is 2.25. The summed E-state index contributed by atoms with van der Waals surface area (Å²) in [6.07, 6.45) is 11.0. The molecule has 0 radical (unpaired) electrons. The standard InChI is InChI=1S/C19H23N/c1-15(2)20-19(18-12-8-5-9-13-18)16(3)14-17-10-6-4-7-11-17/h4-10,12-13,17,20H,1,11,14H2,2-3H3/b19-16+. The summed E-state index contributed by atoms with van der Waals surface area (Å²) in [5, 5.41) is 3.43. The van der Waals surface area contributed by atoms with Crippen LogP contribution in [0.25, 0.3) is 5.70 Å². The summed E-state index contributed by atoms with van der Waals surface area (Å²) in [5.74, 6) is 0.602. The maximum absolute atomic E-state index is 3.98. The summed E-state index contributed by atoms with van der Waals surface area (Å²) in [4.78, 5) is 0. The van der Waals surface area contributed by atoms with Crippen LogP contribution in [0.15, 0.2) is 72.5 Å². The Morgan fingerprint density at radius 3 is 2.55 bits per heavy atom. The number of nitrogens with one attached hydrogen (secondary N) is 1. The van der Waals surface area contributed by atoms with E-state index < -0.39 is 0 Å². The predicted octanol–water partition coefficient (Wildman–Crippen LogP) is 5.06. The smallest absolute Gasteiger partial charge is 0.0444 e. The van der Waals surface area contributed by atoms with E-state index in [0.29, 0.717) is 5.92 Å². The minimum atomic E-state index is 0.602. The Bertz CT molecular complexity index is 546. The normalized spacial score (nSPS) is 18.6. The minimum absolute atomic E-state index is 0.602. The zero-order valence-electron chi connectivity index (χ0n) is 12.4. The van der Waals surface area contributed by atoms with E-state index in [9.17, 15) is 0 Å². The number of rotatable bonds is 5. The topological polar surface area (TPSA) is 12.0 Å². The van der Waals surface area contributed by atoms with Crippen molar-refractivity contribution in [2.45, 2.75) is 26.7 Å². The summed E-state index contributed by atoms with van der Waals surface area (Å²) in [6, 6.07) is 10.5. The van der Waals surface area contributed by atoms with Crippen LogP contribution < -0.4 is 5.32 Å². The zero-order valence-corrected chi connectivity index (χ0v) is 12.4. The fourth-order valence-corrected chi connectivity index (χ4v) is 2.52. The first-order chi connectivity index (χ1) is 9.66. The van der Waals surface area contributed by atoms with Crippen molar-refractivity contribution in [1.82, 2.24) is 5.32 Å². The van der Waals surface area contributed by atoms with Crippen LogP contribution in [-0.4, -0.2) is 0 Å². The zero-order chi connectivity index (χ0) is 14.4. The highest BCUT2D eigenvalue weighted by Gasteiger charge is 2.11. The van der Waals surface area contributed by atoms with Gasteiger partial charge in [-0.25, -0.2) is 0 Å². The third-order valence-corrected chi connectivity index (χ3v) is 3.47. The molecule has 0 spiro atoms. The van der Waals surface area contributed by atoms with Gasteiger partial charge in [-0.05, 0) is 43.7 Å². The molecule has 0 bridgehead atoms. The summed E-state index contributed by atoms with van der Waals surface area (Å²) in [7, 11) is 0. The van der Waals surface area contributed by atoms with E-state index in [0.717, 1.165) is 18.5 Å². The Morgan fingerprint density at radius 2 is 1.95 bits per heavy atom. The summed E-state index contributed by atoms with van der Waals surface area (Å²) in [6.45, 7) is 8.19. The highest BCUT2D eigenvalue weighted by molar-refractivity contribution is 5.68. The Balaban J connectivity index is 2.24. The van der Waals surface area contributed by atoms with Crippen LogP contribution in [0, 0.1) is 5.92 Å². The molecule has 2 rings (SSSR count). The maximum atomic E-state index is 3.98. The molecule has 20 heavy (non-hydrogen) atoms. The van der Waals surface area contributed by atoms with Crippen molar-refractivity contribution < 1.29 is 0 Å². The molecule has 1 unspecified atom stereocenters. The van der Waals surface area contributed by atoms with Crippen molar-refractivity contribution in [3.63, 3.8) is 0 Å². The van der Waals surface area contributed by atoms with Gasteiger partial charge in [0, 0.05) is 11.4 Å². The molecule has 104 valence electrons. The lowest BCUT2D eigenvalue weighted by Crippen LogP contribution is -2.12. The molecule has 1 aliphatic rings. The molecule has 0 heterocycles. The van der Waals surface area contributed by atoms with Crippen molar-refractivity contribution >= 4 is 5.70 Å². The molecule has 0 fully saturated rings. The van der Waals surface area contributed by atoms with Crippen molar-refractivity contribution in [1.29, 1.82) is 0 Å². The third kappa shape index (κ3) is 3.99. The van der Waals surface area contributed by atoms with Crippen molar-refractivity contribution in [2.24, 2.45) is 5.92 Å². The fraction of sp³-hybridized carbons (Fsp3) is 0.263. The molecule has 1 atom stereocenters. The quantitative estimate of drug-likeness (QED) is 0.784. The lowest BCUT2D eigenvalue weighted by Gasteiger charge is -2.19. The van der Waals surface area contributed by atoms with E-state index in [1.54, 1.807) is 0 Å². The lowest BCUT2D eigenvalue weighted by atomic mass is 9.91. The van der Waals surface area contributed by atoms with Gasteiger partial charge in [-0.1, -0.05) is 61.2 Å². The molecule has 1 heteroatoms. The van der Waals surface area contributed by atoms with Gasteiger partial charge in [0.1, 0.15) is 0 Å². The van der Waals surface area contributed by atoms with Gasteiger partial charge in [0.05, 0.1) is 0 Å².